The van der Waals surface area contributed by atoms with Gasteiger partial charge in [-0.1, -0.05) is 26.7 Å². The van der Waals surface area contributed by atoms with Gasteiger partial charge in [0.1, 0.15) is 0 Å². The number of urea groups is 1. The molecule has 1 aliphatic carbocycles. The highest BCUT2D eigenvalue weighted by Crippen LogP contribution is 2.29. The van der Waals surface area contributed by atoms with Crippen molar-refractivity contribution in [2.24, 2.45) is 5.92 Å². The first-order valence-corrected chi connectivity index (χ1v) is 10.5. The van der Waals surface area contributed by atoms with E-state index in [1.54, 1.807) is 26.0 Å². The van der Waals surface area contributed by atoms with Gasteiger partial charge >= 0.3 is 6.03 Å². The predicted molar refractivity (Wildman–Crippen MR) is 101 cm³/mol. The zero-order chi connectivity index (χ0) is 19.2. The molecule has 8 heteroatoms. The molecule has 1 aliphatic rings. The van der Waals surface area contributed by atoms with Crippen LogP contribution in [0.25, 0.3) is 0 Å². The van der Waals surface area contributed by atoms with Crippen molar-refractivity contribution in [3.8, 4) is 0 Å². The molecule has 0 unspecified atom stereocenters. The molecule has 2 rings (SSSR count). The maximum Gasteiger partial charge on any atom is 0.319 e. The maximum atomic E-state index is 12.5. The smallest absolute Gasteiger partial charge is 0.319 e. The molecule has 0 bridgehead atoms. The average molecular weight is 381 g/mol. The van der Waals surface area contributed by atoms with Gasteiger partial charge < -0.3 is 16.0 Å². The van der Waals surface area contributed by atoms with Crippen LogP contribution in [-0.4, -0.2) is 38.7 Å². The minimum absolute atomic E-state index is 0.0636. The molecule has 0 atom stereocenters. The summed E-state index contributed by atoms with van der Waals surface area (Å²) < 4.78 is 25.0. The number of hydrogen-bond acceptors (Lipinski definition) is 4. The Morgan fingerprint density at radius 1 is 1.04 bits per heavy atom. The van der Waals surface area contributed by atoms with E-state index in [1.807, 2.05) is 0 Å². The van der Waals surface area contributed by atoms with E-state index in [1.165, 1.54) is 12.1 Å². The summed E-state index contributed by atoms with van der Waals surface area (Å²) >= 11 is 0. The third-order valence-corrected chi connectivity index (χ3v) is 6.69. The Balaban J connectivity index is 1.81. The molecule has 7 nitrogen and oxygen atoms in total. The van der Waals surface area contributed by atoms with Gasteiger partial charge in [0.15, 0.2) is 9.84 Å². The Morgan fingerprint density at radius 3 is 2.19 bits per heavy atom. The molecule has 1 aromatic carbocycles. The summed E-state index contributed by atoms with van der Waals surface area (Å²) in [5.74, 6) is -0.158. The van der Waals surface area contributed by atoms with Crippen molar-refractivity contribution >= 4 is 27.5 Å². The lowest BCUT2D eigenvalue weighted by Gasteiger charge is -2.12. The lowest BCUT2D eigenvalue weighted by atomic mass is 10.2. The first-order valence-electron chi connectivity index (χ1n) is 8.97. The molecule has 1 aromatic rings. The second-order valence-corrected chi connectivity index (χ2v) is 9.03. The van der Waals surface area contributed by atoms with Gasteiger partial charge in [0.05, 0.1) is 10.1 Å². The largest absolute Gasteiger partial charge is 0.354 e. The highest BCUT2D eigenvalue weighted by atomic mass is 32.2. The first-order chi connectivity index (χ1) is 12.3. The first kappa shape index (κ1) is 20.2. The van der Waals surface area contributed by atoms with Crippen LogP contribution in [0.4, 0.5) is 10.5 Å². The summed E-state index contributed by atoms with van der Waals surface area (Å²) in [4.78, 5) is 23.5. The lowest BCUT2D eigenvalue weighted by Crippen LogP contribution is -2.38. The summed E-state index contributed by atoms with van der Waals surface area (Å²) in [5, 5.41) is 7.69. The molecule has 0 heterocycles. The summed E-state index contributed by atoms with van der Waals surface area (Å²) in [7, 11) is -3.29. The quantitative estimate of drug-likeness (QED) is 0.630. The van der Waals surface area contributed by atoms with E-state index in [2.05, 4.69) is 16.0 Å². The van der Waals surface area contributed by atoms with Gasteiger partial charge in [0.2, 0.25) is 5.91 Å². The molecular formula is C18H27N3O4S. The van der Waals surface area contributed by atoms with Crippen molar-refractivity contribution in [1.82, 2.24) is 10.6 Å². The van der Waals surface area contributed by atoms with E-state index in [4.69, 9.17) is 0 Å². The van der Waals surface area contributed by atoms with Gasteiger partial charge in [-0.05, 0) is 37.1 Å². The van der Waals surface area contributed by atoms with E-state index in [-0.39, 0.29) is 17.1 Å². The fourth-order valence-electron chi connectivity index (χ4n) is 2.86. The van der Waals surface area contributed by atoms with Crippen LogP contribution < -0.4 is 16.0 Å². The number of anilines is 1. The minimum Gasteiger partial charge on any atom is -0.354 e. The van der Waals surface area contributed by atoms with E-state index < -0.39 is 15.9 Å². The molecule has 0 saturated heterocycles. The number of sulfone groups is 1. The molecule has 3 amide bonds. The number of benzene rings is 1. The lowest BCUT2D eigenvalue weighted by molar-refractivity contribution is -0.123. The van der Waals surface area contributed by atoms with Gasteiger partial charge in [-0.2, -0.15) is 0 Å². The second-order valence-electron chi connectivity index (χ2n) is 6.80. The molecule has 0 radical (unpaired) electrons. The third kappa shape index (κ3) is 5.45. The Labute approximate surface area is 154 Å². The highest BCUT2D eigenvalue weighted by Gasteiger charge is 2.30. The van der Waals surface area contributed by atoms with Crippen LogP contribution in [-0.2, 0) is 14.6 Å². The highest BCUT2D eigenvalue weighted by molar-refractivity contribution is 7.92. The van der Waals surface area contributed by atoms with E-state index in [9.17, 15) is 18.0 Å². The third-order valence-electron chi connectivity index (χ3n) is 4.42. The molecule has 1 saturated carbocycles. The molecule has 26 heavy (non-hydrogen) atoms. The molecular weight excluding hydrogens is 354 g/mol. The summed E-state index contributed by atoms with van der Waals surface area (Å²) in [5.41, 5.74) is 0.513. The maximum absolute atomic E-state index is 12.5. The minimum atomic E-state index is -3.29. The van der Waals surface area contributed by atoms with Crippen LogP contribution in [0.1, 0.15) is 39.5 Å². The molecule has 0 spiro atoms. The van der Waals surface area contributed by atoms with Crippen LogP contribution >= 0.6 is 0 Å². The van der Waals surface area contributed by atoms with Crippen LogP contribution in [0.5, 0.6) is 0 Å². The van der Waals surface area contributed by atoms with E-state index >= 15 is 0 Å². The summed E-state index contributed by atoms with van der Waals surface area (Å²) in [6, 6.07) is 5.83. The van der Waals surface area contributed by atoms with Crippen molar-refractivity contribution in [1.29, 1.82) is 0 Å². The predicted octanol–water partition coefficient (Wildman–Crippen LogP) is 2.30. The number of carbonyl (C=O) groups excluding carboxylic acids is 2. The molecule has 0 aliphatic heterocycles. The van der Waals surface area contributed by atoms with Crippen LogP contribution in [0.2, 0.25) is 0 Å². The normalized spacial score (nSPS) is 15.0. The van der Waals surface area contributed by atoms with Crippen molar-refractivity contribution < 1.29 is 18.0 Å². The van der Waals surface area contributed by atoms with Gasteiger partial charge in [-0.25, -0.2) is 13.2 Å². The SMILES string of the molecule is CC(C)C(=O)NCCNC(=O)Nc1ccc(S(=O)(=O)C2CCCC2)cc1. The molecule has 0 aromatic heterocycles. The number of amides is 3. The van der Waals surface area contributed by atoms with Gasteiger partial charge in [-0.15, -0.1) is 0 Å². The number of rotatable bonds is 7. The molecule has 3 N–H and O–H groups in total. The van der Waals surface area contributed by atoms with Gasteiger partial charge in [-0.3, -0.25) is 4.79 Å². The van der Waals surface area contributed by atoms with Crippen molar-refractivity contribution in [3.63, 3.8) is 0 Å². The van der Waals surface area contributed by atoms with Crippen molar-refractivity contribution in [3.05, 3.63) is 24.3 Å². The van der Waals surface area contributed by atoms with Crippen LogP contribution in [0.3, 0.4) is 0 Å². The Kier molecular flexibility index (Phi) is 7.02. The molecule has 1 fully saturated rings. The topological polar surface area (TPSA) is 104 Å². The monoisotopic (exact) mass is 381 g/mol. The Morgan fingerprint density at radius 2 is 1.62 bits per heavy atom. The van der Waals surface area contributed by atoms with Crippen LogP contribution in [0.15, 0.2) is 29.2 Å². The average Bonchev–Trinajstić information content (AvgIpc) is 3.14. The van der Waals surface area contributed by atoms with Gasteiger partial charge in [0, 0.05) is 24.7 Å². The number of carbonyl (C=O) groups is 2. The summed E-state index contributed by atoms with van der Waals surface area (Å²) in [6.07, 6.45) is 3.36. The fourth-order valence-corrected chi connectivity index (χ4v) is 4.71. The molecule has 144 valence electrons. The van der Waals surface area contributed by atoms with Crippen LogP contribution in [0, 0.1) is 5.92 Å². The van der Waals surface area contributed by atoms with Crippen molar-refractivity contribution in [2.45, 2.75) is 49.7 Å². The zero-order valence-electron chi connectivity index (χ0n) is 15.2. The number of nitrogens with one attached hydrogen (secondary N) is 3. The Hall–Kier alpha value is -2.09. The van der Waals surface area contributed by atoms with E-state index in [0.29, 0.717) is 23.7 Å². The van der Waals surface area contributed by atoms with E-state index in [0.717, 1.165) is 25.7 Å². The fraction of sp³-hybridized carbons (Fsp3) is 0.556. The summed E-state index contributed by atoms with van der Waals surface area (Å²) in [6.45, 7) is 4.25. The second kappa shape index (κ2) is 9.02. The zero-order valence-corrected chi connectivity index (χ0v) is 16.1. The van der Waals surface area contributed by atoms with Crippen molar-refractivity contribution in [2.75, 3.05) is 18.4 Å². The van der Waals surface area contributed by atoms with Gasteiger partial charge in [0.25, 0.3) is 0 Å². The Bertz CT molecular complexity index is 723. The standard InChI is InChI=1S/C18H27N3O4S/c1-13(2)17(22)19-11-12-20-18(23)21-14-7-9-16(10-8-14)26(24,25)15-5-3-4-6-15/h7-10,13,15H,3-6,11-12H2,1-2H3,(H,19,22)(H2,20,21,23). The number of hydrogen-bond donors (Lipinski definition) is 3.